The van der Waals surface area contributed by atoms with Gasteiger partial charge in [-0.2, -0.15) is 0 Å². The van der Waals surface area contributed by atoms with Crippen molar-refractivity contribution in [2.75, 3.05) is 46.2 Å². The van der Waals surface area contributed by atoms with Gasteiger partial charge in [0.2, 0.25) is 0 Å². The first kappa shape index (κ1) is 20.9. The Balaban J connectivity index is 1.82. The number of carbonyl (C=O) groups excluding carboxylic acids is 1. The summed E-state index contributed by atoms with van der Waals surface area (Å²) in [6.07, 6.45) is -0.494. The summed E-state index contributed by atoms with van der Waals surface area (Å²) >= 11 is 0. The predicted molar refractivity (Wildman–Crippen MR) is 89.3 cm³/mol. The van der Waals surface area contributed by atoms with E-state index in [0.717, 1.165) is 5.56 Å². The van der Waals surface area contributed by atoms with Gasteiger partial charge in [-0.1, -0.05) is 30.3 Å². The standard InChI is InChI=1S/C17H25NO7/c19-16(20)6-8-22-10-12-24-13-11-23-9-7-18-17(21)25-14-15-4-2-1-3-5-15/h1-5H,6-14H2,(H,18,21)(H,19,20). The number of benzene rings is 1. The van der Waals surface area contributed by atoms with E-state index in [4.69, 9.17) is 24.1 Å². The third-order valence-corrected chi connectivity index (χ3v) is 2.93. The van der Waals surface area contributed by atoms with Gasteiger partial charge in [0.15, 0.2) is 0 Å². The van der Waals surface area contributed by atoms with E-state index in [1.165, 1.54) is 0 Å². The van der Waals surface area contributed by atoms with E-state index < -0.39 is 12.1 Å². The Bertz CT molecular complexity index is 481. The van der Waals surface area contributed by atoms with Gasteiger partial charge < -0.3 is 29.4 Å². The molecule has 0 aliphatic heterocycles. The summed E-state index contributed by atoms with van der Waals surface area (Å²) in [6, 6.07) is 9.43. The van der Waals surface area contributed by atoms with Gasteiger partial charge >= 0.3 is 12.1 Å². The van der Waals surface area contributed by atoms with Crippen LogP contribution in [-0.2, 0) is 30.3 Å². The number of hydrogen-bond acceptors (Lipinski definition) is 6. The minimum atomic E-state index is -0.883. The fraction of sp³-hybridized carbons (Fsp3) is 0.529. The summed E-state index contributed by atoms with van der Waals surface area (Å²) < 4.78 is 20.7. The van der Waals surface area contributed by atoms with Gasteiger partial charge in [0.25, 0.3) is 0 Å². The molecule has 0 aromatic heterocycles. The monoisotopic (exact) mass is 355 g/mol. The molecule has 0 atom stereocenters. The van der Waals surface area contributed by atoms with Crippen LogP contribution in [0.3, 0.4) is 0 Å². The summed E-state index contributed by atoms with van der Waals surface area (Å²) in [6.45, 7) is 2.66. The van der Waals surface area contributed by atoms with Crippen molar-refractivity contribution in [2.45, 2.75) is 13.0 Å². The highest BCUT2D eigenvalue weighted by atomic mass is 16.6. The van der Waals surface area contributed by atoms with Crippen LogP contribution >= 0.6 is 0 Å². The van der Waals surface area contributed by atoms with Crippen LogP contribution < -0.4 is 5.32 Å². The summed E-state index contributed by atoms with van der Waals surface area (Å²) in [7, 11) is 0. The Hall–Kier alpha value is -2.16. The van der Waals surface area contributed by atoms with Gasteiger partial charge in [0.05, 0.1) is 46.1 Å². The fourth-order valence-corrected chi connectivity index (χ4v) is 1.70. The number of rotatable bonds is 14. The minimum Gasteiger partial charge on any atom is -0.481 e. The number of hydrogen-bond donors (Lipinski definition) is 2. The zero-order valence-electron chi connectivity index (χ0n) is 14.1. The summed E-state index contributed by atoms with van der Waals surface area (Å²) in [5.41, 5.74) is 0.929. The Kier molecular flexibility index (Phi) is 11.9. The largest absolute Gasteiger partial charge is 0.481 e. The van der Waals surface area contributed by atoms with Gasteiger partial charge in [0, 0.05) is 6.54 Å². The summed E-state index contributed by atoms with van der Waals surface area (Å²) in [4.78, 5) is 21.7. The molecule has 0 saturated heterocycles. The van der Waals surface area contributed by atoms with Crippen molar-refractivity contribution in [3.63, 3.8) is 0 Å². The maximum Gasteiger partial charge on any atom is 0.407 e. The van der Waals surface area contributed by atoms with Crippen molar-refractivity contribution in [1.82, 2.24) is 5.32 Å². The molecule has 0 fully saturated rings. The molecule has 1 aromatic carbocycles. The van der Waals surface area contributed by atoms with Crippen molar-refractivity contribution in [3.8, 4) is 0 Å². The second-order valence-corrected chi connectivity index (χ2v) is 4.97. The first-order valence-corrected chi connectivity index (χ1v) is 8.08. The SMILES string of the molecule is O=C(O)CCOCCOCCOCCNC(=O)OCc1ccccc1. The van der Waals surface area contributed by atoms with Gasteiger partial charge in [-0.15, -0.1) is 0 Å². The quantitative estimate of drug-likeness (QED) is 0.487. The Morgan fingerprint density at radius 2 is 1.48 bits per heavy atom. The van der Waals surface area contributed by atoms with Crippen LogP contribution in [0.2, 0.25) is 0 Å². The van der Waals surface area contributed by atoms with Gasteiger partial charge in [0.1, 0.15) is 6.61 Å². The van der Waals surface area contributed by atoms with Gasteiger partial charge in [-0.25, -0.2) is 4.79 Å². The lowest BCUT2D eigenvalue weighted by Gasteiger charge is -2.08. The zero-order chi connectivity index (χ0) is 18.2. The molecule has 0 radical (unpaired) electrons. The van der Waals surface area contributed by atoms with Crippen LogP contribution in [0.4, 0.5) is 4.79 Å². The molecule has 0 heterocycles. The van der Waals surface area contributed by atoms with Crippen molar-refractivity contribution in [1.29, 1.82) is 0 Å². The van der Waals surface area contributed by atoms with E-state index in [-0.39, 0.29) is 19.6 Å². The number of amides is 1. The van der Waals surface area contributed by atoms with Crippen LogP contribution in [0.1, 0.15) is 12.0 Å². The molecule has 25 heavy (non-hydrogen) atoms. The second kappa shape index (κ2) is 14.2. The number of carboxylic acids is 1. The molecular formula is C17H25NO7. The van der Waals surface area contributed by atoms with Crippen LogP contribution in [0, 0.1) is 0 Å². The zero-order valence-corrected chi connectivity index (χ0v) is 14.1. The maximum absolute atomic E-state index is 11.5. The molecule has 1 amide bonds. The van der Waals surface area contributed by atoms with E-state index in [1.807, 2.05) is 30.3 Å². The van der Waals surface area contributed by atoms with E-state index in [0.29, 0.717) is 39.6 Å². The lowest BCUT2D eigenvalue weighted by atomic mass is 10.2. The molecule has 0 spiro atoms. The Morgan fingerprint density at radius 3 is 2.12 bits per heavy atom. The van der Waals surface area contributed by atoms with Gasteiger partial charge in [-0.05, 0) is 5.56 Å². The lowest BCUT2D eigenvalue weighted by Crippen LogP contribution is -2.28. The van der Waals surface area contributed by atoms with Crippen molar-refractivity contribution >= 4 is 12.1 Å². The molecule has 0 bridgehead atoms. The number of aliphatic carboxylic acids is 1. The highest BCUT2D eigenvalue weighted by Gasteiger charge is 2.01. The molecule has 8 nitrogen and oxygen atoms in total. The smallest absolute Gasteiger partial charge is 0.407 e. The summed E-state index contributed by atoms with van der Waals surface area (Å²) in [5, 5.41) is 11.0. The van der Waals surface area contributed by atoms with Crippen molar-refractivity contribution in [2.24, 2.45) is 0 Å². The molecule has 0 aliphatic carbocycles. The minimum absolute atomic E-state index is 0.0100. The van der Waals surface area contributed by atoms with Crippen molar-refractivity contribution < 1.29 is 33.6 Å². The third-order valence-electron chi connectivity index (χ3n) is 2.93. The number of nitrogens with one attached hydrogen (secondary N) is 1. The maximum atomic E-state index is 11.5. The number of carbonyl (C=O) groups is 2. The molecule has 8 heteroatoms. The molecule has 0 saturated carbocycles. The first-order chi connectivity index (χ1) is 12.2. The van der Waals surface area contributed by atoms with Crippen LogP contribution in [0.25, 0.3) is 0 Å². The van der Waals surface area contributed by atoms with E-state index in [2.05, 4.69) is 5.32 Å². The van der Waals surface area contributed by atoms with E-state index in [1.54, 1.807) is 0 Å². The molecule has 1 aromatic rings. The normalized spacial score (nSPS) is 10.4. The topological polar surface area (TPSA) is 103 Å². The average Bonchev–Trinajstić information content (AvgIpc) is 2.61. The highest BCUT2D eigenvalue weighted by molar-refractivity contribution is 5.67. The molecule has 140 valence electrons. The Labute approximate surface area is 147 Å². The van der Waals surface area contributed by atoms with Crippen LogP contribution in [0.15, 0.2) is 30.3 Å². The number of ether oxygens (including phenoxy) is 4. The van der Waals surface area contributed by atoms with Gasteiger partial charge in [-0.3, -0.25) is 4.79 Å². The van der Waals surface area contributed by atoms with E-state index >= 15 is 0 Å². The molecule has 0 aliphatic rings. The first-order valence-electron chi connectivity index (χ1n) is 8.08. The molecule has 1 rings (SSSR count). The molecule has 0 unspecified atom stereocenters. The van der Waals surface area contributed by atoms with Crippen molar-refractivity contribution in [3.05, 3.63) is 35.9 Å². The Morgan fingerprint density at radius 1 is 0.880 bits per heavy atom. The third kappa shape index (κ3) is 12.9. The second-order valence-electron chi connectivity index (χ2n) is 4.97. The summed E-state index contributed by atoms with van der Waals surface area (Å²) in [5.74, 6) is -0.883. The fourth-order valence-electron chi connectivity index (χ4n) is 1.70. The molecule has 2 N–H and O–H groups in total. The van der Waals surface area contributed by atoms with Crippen LogP contribution in [-0.4, -0.2) is 63.4 Å². The average molecular weight is 355 g/mol. The number of alkyl carbamates (subject to hydrolysis) is 1. The number of carboxylic acid groups (broad SMARTS) is 1. The van der Waals surface area contributed by atoms with E-state index in [9.17, 15) is 9.59 Å². The van der Waals surface area contributed by atoms with Crippen LogP contribution in [0.5, 0.6) is 0 Å². The molecular weight excluding hydrogens is 330 g/mol. The lowest BCUT2D eigenvalue weighted by molar-refractivity contribution is -0.138. The highest BCUT2D eigenvalue weighted by Crippen LogP contribution is 2.00. The predicted octanol–water partition coefficient (Wildman–Crippen LogP) is 1.44.